The molecule has 3 aromatic rings. The van der Waals surface area contributed by atoms with Crippen molar-refractivity contribution in [2.45, 2.75) is 38.6 Å². The average Bonchev–Trinajstić information content (AvgIpc) is 2.86. The Morgan fingerprint density at radius 3 is 2.26 bits per heavy atom. The van der Waals surface area contributed by atoms with Crippen molar-refractivity contribution in [3.05, 3.63) is 42.5 Å². The van der Waals surface area contributed by atoms with Crippen molar-refractivity contribution in [3.8, 4) is 11.5 Å². The lowest BCUT2D eigenvalue weighted by Crippen LogP contribution is -2.44. The van der Waals surface area contributed by atoms with Gasteiger partial charge < -0.3 is 9.47 Å². The largest absolute Gasteiger partial charge is 0.493 e. The van der Waals surface area contributed by atoms with Crippen LogP contribution in [0.4, 0.5) is 0 Å². The molecule has 1 heterocycles. The lowest BCUT2D eigenvalue weighted by molar-refractivity contribution is -0.261. The maximum Gasteiger partial charge on any atom is 0.382 e. The number of rotatable bonds is 3. The van der Waals surface area contributed by atoms with E-state index < -0.39 is 5.60 Å². The van der Waals surface area contributed by atoms with Crippen LogP contribution in [-0.2, 0) is 9.69 Å². The second kappa shape index (κ2) is 6.15. The van der Waals surface area contributed by atoms with Crippen LogP contribution >= 0.6 is 0 Å². The van der Waals surface area contributed by atoms with Gasteiger partial charge in [0.2, 0.25) is 0 Å². The first-order valence-electron chi connectivity index (χ1n) is 9.22. The number of hydrogen-bond acceptors (Lipinski definition) is 4. The standard InChI is InChI=1S/C22H25BO4/c1-21(2)22(3,4)26-27-23(21)19-16-10-8-7-9-14(16)13-15-11-12-17(24-5)20(25-6)18(15)19/h7-13H,1-6H3. The Morgan fingerprint density at radius 2 is 1.63 bits per heavy atom. The molecule has 3 aromatic carbocycles. The molecule has 1 fully saturated rings. The van der Waals surface area contributed by atoms with Gasteiger partial charge >= 0.3 is 6.92 Å². The maximum atomic E-state index is 5.96. The Hall–Kier alpha value is -2.24. The molecule has 0 saturated carbocycles. The first kappa shape index (κ1) is 18.1. The molecule has 1 saturated heterocycles. The molecular weight excluding hydrogens is 339 g/mol. The zero-order chi connectivity index (χ0) is 19.4. The first-order valence-corrected chi connectivity index (χ1v) is 9.22. The van der Waals surface area contributed by atoms with Crippen LogP contribution in [0.3, 0.4) is 0 Å². The van der Waals surface area contributed by atoms with Gasteiger partial charge in [-0.05, 0) is 47.6 Å². The third-order valence-corrected chi connectivity index (χ3v) is 6.23. The Labute approximate surface area is 160 Å². The summed E-state index contributed by atoms with van der Waals surface area (Å²) in [5.41, 5.74) is 0.655. The summed E-state index contributed by atoms with van der Waals surface area (Å²) in [6.07, 6.45) is 0. The van der Waals surface area contributed by atoms with Crippen LogP contribution in [0.15, 0.2) is 42.5 Å². The molecule has 0 unspecified atom stereocenters. The molecule has 0 amide bonds. The Morgan fingerprint density at radius 1 is 0.889 bits per heavy atom. The smallest absolute Gasteiger partial charge is 0.382 e. The lowest BCUT2D eigenvalue weighted by Gasteiger charge is -2.32. The van der Waals surface area contributed by atoms with E-state index in [1.54, 1.807) is 14.2 Å². The molecule has 0 N–H and O–H groups in total. The van der Waals surface area contributed by atoms with Gasteiger partial charge in [0.25, 0.3) is 0 Å². The summed E-state index contributed by atoms with van der Waals surface area (Å²) in [6, 6.07) is 14.6. The van der Waals surface area contributed by atoms with Crippen molar-refractivity contribution in [3.63, 3.8) is 0 Å². The van der Waals surface area contributed by atoms with Gasteiger partial charge in [-0.1, -0.05) is 44.2 Å². The molecule has 27 heavy (non-hydrogen) atoms. The molecule has 0 aromatic heterocycles. The number of methoxy groups -OCH3 is 2. The third kappa shape index (κ3) is 2.53. The van der Waals surface area contributed by atoms with E-state index in [9.17, 15) is 0 Å². The van der Waals surface area contributed by atoms with Crippen molar-refractivity contribution in [2.24, 2.45) is 0 Å². The van der Waals surface area contributed by atoms with E-state index in [2.05, 4.69) is 64.1 Å². The highest BCUT2D eigenvalue weighted by Gasteiger charge is 2.57. The highest BCUT2D eigenvalue weighted by atomic mass is 17.2. The molecule has 1 aliphatic rings. The Kier molecular flexibility index (Phi) is 4.13. The van der Waals surface area contributed by atoms with Crippen molar-refractivity contribution in [2.75, 3.05) is 14.2 Å². The molecule has 140 valence electrons. The van der Waals surface area contributed by atoms with Crippen LogP contribution in [0.25, 0.3) is 21.5 Å². The van der Waals surface area contributed by atoms with Gasteiger partial charge in [-0.2, -0.15) is 0 Å². The molecule has 5 heteroatoms. The van der Waals surface area contributed by atoms with Gasteiger partial charge in [-0.3, -0.25) is 4.81 Å². The van der Waals surface area contributed by atoms with Crippen LogP contribution in [0.5, 0.6) is 11.5 Å². The highest BCUT2D eigenvalue weighted by Crippen LogP contribution is 2.50. The second-order valence-electron chi connectivity index (χ2n) is 8.20. The molecule has 4 rings (SSSR count). The first-order chi connectivity index (χ1) is 12.8. The summed E-state index contributed by atoms with van der Waals surface area (Å²) in [7, 11) is 3.34. The summed E-state index contributed by atoms with van der Waals surface area (Å²) in [5, 5.41) is 4.14. The van der Waals surface area contributed by atoms with Crippen molar-refractivity contribution in [1.82, 2.24) is 0 Å². The van der Waals surface area contributed by atoms with Gasteiger partial charge in [-0.25, -0.2) is 4.89 Å². The van der Waals surface area contributed by atoms with E-state index in [0.717, 1.165) is 32.8 Å². The quantitative estimate of drug-likeness (QED) is 0.383. The van der Waals surface area contributed by atoms with Crippen LogP contribution in [0.1, 0.15) is 27.7 Å². The fourth-order valence-corrected chi connectivity index (χ4v) is 3.90. The van der Waals surface area contributed by atoms with Gasteiger partial charge in [-0.15, -0.1) is 0 Å². The topological polar surface area (TPSA) is 36.9 Å². The van der Waals surface area contributed by atoms with Gasteiger partial charge in [0.15, 0.2) is 11.5 Å². The molecular formula is C22H25BO4. The third-order valence-electron chi connectivity index (χ3n) is 6.23. The summed E-state index contributed by atoms with van der Waals surface area (Å²) < 4.78 is 11.4. The van der Waals surface area contributed by atoms with Crippen molar-refractivity contribution in [1.29, 1.82) is 0 Å². The summed E-state index contributed by atoms with van der Waals surface area (Å²) in [5.74, 6) is 1.43. The minimum Gasteiger partial charge on any atom is -0.493 e. The molecule has 4 nitrogen and oxygen atoms in total. The van der Waals surface area contributed by atoms with Crippen LogP contribution in [-0.4, -0.2) is 26.7 Å². The Balaban J connectivity index is 2.16. The van der Waals surface area contributed by atoms with E-state index in [4.69, 9.17) is 19.2 Å². The van der Waals surface area contributed by atoms with E-state index in [0.29, 0.717) is 5.75 Å². The van der Waals surface area contributed by atoms with Gasteiger partial charge in [0, 0.05) is 10.7 Å². The summed E-state index contributed by atoms with van der Waals surface area (Å²) >= 11 is 0. The summed E-state index contributed by atoms with van der Waals surface area (Å²) in [4.78, 5) is 11.7. The molecule has 0 bridgehead atoms. The minimum atomic E-state index is -0.424. The van der Waals surface area contributed by atoms with Crippen molar-refractivity contribution < 1.29 is 19.2 Å². The van der Waals surface area contributed by atoms with Crippen LogP contribution in [0, 0.1) is 0 Å². The zero-order valence-corrected chi connectivity index (χ0v) is 16.8. The van der Waals surface area contributed by atoms with E-state index >= 15 is 0 Å². The number of fused-ring (bicyclic) bond motifs is 2. The van der Waals surface area contributed by atoms with Crippen molar-refractivity contribution >= 4 is 33.9 Å². The second-order valence-corrected chi connectivity index (χ2v) is 8.20. The molecule has 0 spiro atoms. The predicted octanol–water partition coefficient (Wildman–Crippen LogP) is 4.73. The molecule has 0 atom stereocenters. The van der Waals surface area contributed by atoms with E-state index in [1.807, 2.05) is 6.07 Å². The fourth-order valence-electron chi connectivity index (χ4n) is 3.90. The molecule has 1 aliphatic heterocycles. The lowest BCUT2D eigenvalue weighted by atomic mass is 9.39. The molecule has 0 radical (unpaired) electrons. The Bertz CT molecular complexity index is 1030. The minimum absolute atomic E-state index is 0.248. The van der Waals surface area contributed by atoms with Gasteiger partial charge in [0.1, 0.15) is 0 Å². The zero-order valence-electron chi connectivity index (χ0n) is 16.8. The predicted molar refractivity (Wildman–Crippen MR) is 110 cm³/mol. The molecule has 0 aliphatic carbocycles. The van der Waals surface area contributed by atoms with Crippen LogP contribution < -0.4 is 14.9 Å². The maximum absolute atomic E-state index is 5.96. The highest BCUT2D eigenvalue weighted by molar-refractivity contribution is 6.76. The monoisotopic (exact) mass is 364 g/mol. The SMILES string of the molecule is COc1ccc2cc3ccccc3c(B3OOC(C)(C)C3(C)C)c2c1OC. The normalized spacial score (nSPS) is 18.2. The van der Waals surface area contributed by atoms with Gasteiger partial charge in [0.05, 0.1) is 19.8 Å². The van der Waals surface area contributed by atoms with Crippen LogP contribution in [0.2, 0.25) is 5.31 Å². The number of benzene rings is 3. The van der Waals surface area contributed by atoms with E-state index in [-0.39, 0.29) is 12.2 Å². The van der Waals surface area contributed by atoms with E-state index in [1.165, 1.54) is 0 Å². The fraction of sp³-hybridized carbons (Fsp3) is 0.364. The summed E-state index contributed by atoms with van der Waals surface area (Å²) in [6.45, 7) is 8.26. The number of ether oxygens (including phenoxy) is 2. The number of hydrogen-bond donors (Lipinski definition) is 0. The average molecular weight is 364 g/mol.